The van der Waals surface area contributed by atoms with Gasteiger partial charge in [0.1, 0.15) is 17.3 Å². The number of nitrogens with zero attached hydrogens (tertiary/aromatic N) is 4. The van der Waals surface area contributed by atoms with E-state index in [9.17, 15) is 13.6 Å². The molecule has 0 saturated heterocycles. The normalized spacial score (nSPS) is 15.6. The maximum absolute atomic E-state index is 14.7. The number of nitrogens with one attached hydrogen (secondary N) is 2. The molecule has 2 heterocycles. The van der Waals surface area contributed by atoms with E-state index in [1.54, 1.807) is 30.6 Å². The summed E-state index contributed by atoms with van der Waals surface area (Å²) in [5.41, 5.74) is 6.50. The highest BCUT2D eigenvalue weighted by molar-refractivity contribution is 9.10. The van der Waals surface area contributed by atoms with E-state index in [1.165, 1.54) is 36.5 Å². The molecular weight excluding hydrogens is 568 g/mol. The molecule has 0 aliphatic heterocycles. The Bertz CT molecular complexity index is 1500. The van der Waals surface area contributed by atoms with Crippen LogP contribution in [0.25, 0.3) is 0 Å². The van der Waals surface area contributed by atoms with E-state index in [2.05, 4.69) is 46.5 Å². The quantitative estimate of drug-likeness (QED) is 0.235. The number of halogens is 3. The minimum absolute atomic E-state index is 0.101. The molecule has 1 saturated carbocycles. The molecule has 0 spiro atoms. The lowest BCUT2D eigenvalue weighted by atomic mass is 9.69. The Balaban J connectivity index is 1.55. The van der Waals surface area contributed by atoms with Crippen molar-refractivity contribution in [2.24, 2.45) is 5.73 Å². The molecule has 200 valence electrons. The van der Waals surface area contributed by atoms with E-state index >= 15 is 0 Å². The summed E-state index contributed by atoms with van der Waals surface area (Å²) in [6.07, 6.45) is 7.51. The second-order valence-electron chi connectivity index (χ2n) is 9.86. The third-order valence-corrected chi connectivity index (χ3v) is 7.49. The standard InChI is InChI=1S/C28H26BrF2N7O/c1-27(18-3-5-20(30)6-4-18,37-25-34-15-19(29)16-35-25)14-17-13-21(31)7-8-22(17)28(10-2-11-28)38-26-33-12-9-23(36-26)24(32)39/h3-9,12-13,15-16H,2,10-11,14H2,1H3,(H2,32,39)(H,33,36,38)(H,34,35,37). The number of hydrogen-bond acceptors (Lipinski definition) is 7. The fourth-order valence-corrected chi connectivity index (χ4v) is 5.18. The zero-order valence-electron chi connectivity index (χ0n) is 21.1. The van der Waals surface area contributed by atoms with Gasteiger partial charge in [-0.3, -0.25) is 4.79 Å². The van der Waals surface area contributed by atoms with Gasteiger partial charge in [-0.1, -0.05) is 18.2 Å². The van der Waals surface area contributed by atoms with Gasteiger partial charge >= 0.3 is 0 Å². The van der Waals surface area contributed by atoms with Gasteiger partial charge in [-0.2, -0.15) is 0 Å². The van der Waals surface area contributed by atoms with Crippen LogP contribution in [0.4, 0.5) is 20.7 Å². The number of anilines is 2. The molecule has 8 nitrogen and oxygen atoms in total. The summed E-state index contributed by atoms with van der Waals surface area (Å²) in [5, 5.41) is 6.79. The van der Waals surface area contributed by atoms with Gasteiger partial charge in [0, 0.05) is 18.6 Å². The first kappa shape index (κ1) is 26.6. The van der Waals surface area contributed by atoms with Crippen molar-refractivity contribution in [2.75, 3.05) is 10.6 Å². The molecule has 1 atom stereocenters. The van der Waals surface area contributed by atoms with Crippen molar-refractivity contribution < 1.29 is 13.6 Å². The van der Waals surface area contributed by atoms with Crippen LogP contribution in [0.5, 0.6) is 0 Å². The van der Waals surface area contributed by atoms with Crippen molar-refractivity contribution in [1.82, 2.24) is 19.9 Å². The number of primary amides is 1. The van der Waals surface area contributed by atoms with Gasteiger partial charge in [-0.25, -0.2) is 28.7 Å². The molecular formula is C28H26BrF2N7O. The van der Waals surface area contributed by atoms with Crippen molar-refractivity contribution in [3.05, 3.63) is 106 Å². The predicted octanol–water partition coefficient (Wildman–Crippen LogP) is 5.47. The minimum Gasteiger partial charge on any atom is -0.364 e. The van der Waals surface area contributed by atoms with Gasteiger partial charge in [0.05, 0.1) is 15.6 Å². The third kappa shape index (κ3) is 5.73. The maximum atomic E-state index is 14.7. The van der Waals surface area contributed by atoms with Crippen LogP contribution < -0.4 is 16.4 Å². The highest BCUT2D eigenvalue weighted by atomic mass is 79.9. The molecule has 0 radical (unpaired) electrons. The van der Waals surface area contributed by atoms with Crippen LogP contribution in [0.3, 0.4) is 0 Å². The molecule has 5 rings (SSSR count). The van der Waals surface area contributed by atoms with Gasteiger partial charge in [0.25, 0.3) is 5.91 Å². The molecule has 1 fully saturated rings. The van der Waals surface area contributed by atoms with Crippen LogP contribution >= 0.6 is 15.9 Å². The van der Waals surface area contributed by atoms with Crippen molar-refractivity contribution >= 4 is 33.7 Å². The number of rotatable bonds is 9. The molecule has 0 bridgehead atoms. The van der Waals surface area contributed by atoms with Crippen LogP contribution in [0.2, 0.25) is 0 Å². The molecule has 1 amide bonds. The molecule has 2 aromatic carbocycles. The Morgan fingerprint density at radius 1 is 1.03 bits per heavy atom. The van der Waals surface area contributed by atoms with E-state index in [0.717, 1.165) is 40.4 Å². The number of nitrogens with two attached hydrogens (primary N) is 1. The van der Waals surface area contributed by atoms with Crippen molar-refractivity contribution in [3.8, 4) is 0 Å². The van der Waals surface area contributed by atoms with E-state index < -0.39 is 17.0 Å². The lowest BCUT2D eigenvalue weighted by Gasteiger charge is -2.45. The Kier molecular flexibility index (Phi) is 7.26. The minimum atomic E-state index is -0.836. The highest BCUT2D eigenvalue weighted by Gasteiger charge is 2.42. The lowest BCUT2D eigenvalue weighted by molar-refractivity contribution is 0.0995. The summed E-state index contributed by atoms with van der Waals surface area (Å²) in [7, 11) is 0. The zero-order valence-corrected chi connectivity index (χ0v) is 22.7. The second kappa shape index (κ2) is 10.6. The maximum Gasteiger partial charge on any atom is 0.267 e. The monoisotopic (exact) mass is 593 g/mol. The van der Waals surface area contributed by atoms with Crippen LogP contribution in [-0.2, 0) is 17.5 Å². The Morgan fingerprint density at radius 3 is 2.36 bits per heavy atom. The summed E-state index contributed by atoms with van der Waals surface area (Å²) >= 11 is 3.35. The Labute approximate surface area is 232 Å². The number of carbonyl (C=O) groups excluding carboxylic acids is 1. The van der Waals surface area contributed by atoms with E-state index in [4.69, 9.17) is 5.73 Å². The number of carbonyl (C=O) groups is 1. The summed E-state index contributed by atoms with van der Waals surface area (Å²) in [5.74, 6) is -0.748. The molecule has 4 aromatic rings. The predicted molar refractivity (Wildman–Crippen MR) is 147 cm³/mol. The van der Waals surface area contributed by atoms with Gasteiger partial charge in [0.15, 0.2) is 0 Å². The van der Waals surface area contributed by atoms with Crippen LogP contribution in [0.15, 0.2) is 71.6 Å². The van der Waals surface area contributed by atoms with Crippen molar-refractivity contribution in [3.63, 3.8) is 0 Å². The van der Waals surface area contributed by atoms with Gasteiger partial charge in [-0.05, 0) is 95.6 Å². The fraction of sp³-hybridized carbons (Fsp3) is 0.250. The molecule has 1 aliphatic carbocycles. The SMILES string of the molecule is CC(Cc1cc(F)ccc1C1(Nc2nccc(C(N)=O)n2)CCC1)(Nc1ncc(Br)cn1)c1ccc(F)cc1. The van der Waals surface area contributed by atoms with Crippen LogP contribution in [0.1, 0.15) is 53.4 Å². The molecule has 11 heteroatoms. The highest BCUT2D eigenvalue weighted by Crippen LogP contribution is 2.46. The van der Waals surface area contributed by atoms with Crippen LogP contribution in [-0.4, -0.2) is 25.8 Å². The average molecular weight is 594 g/mol. The molecule has 39 heavy (non-hydrogen) atoms. The smallest absolute Gasteiger partial charge is 0.267 e. The third-order valence-electron chi connectivity index (χ3n) is 7.08. The lowest BCUT2D eigenvalue weighted by Crippen LogP contribution is -2.44. The first-order chi connectivity index (χ1) is 18.7. The van der Waals surface area contributed by atoms with Crippen LogP contribution in [0, 0.1) is 11.6 Å². The number of hydrogen-bond donors (Lipinski definition) is 3. The number of amides is 1. The summed E-state index contributed by atoms with van der Waals surface area (Å²) < 4.78 is 29.3. The summed E-state index contributed by atoms with van der Waals surface area (Å²) in [6, 6.07) is 12.3. The Morgan fingerprint density at radius 2 is 1.72 bits per heavy atom. The van der Waals surface area contributed by atoms with Gasteiger partial charge in [-0.15, -0.1) is 0 Å². The number of aromatic nitrogens is 4. The largest absolute Gasteiger partial charge is 0.364 e. The molecule has 4 N–H and O–H groups in total. The molecule has 1 unspecified atom stereocenters. The fourth-order valence-electron chi connectivity index (χ4n) is 4.98. The first-order valence-corrected chi connectivity index (χ1v) is 13.2. The van der Waals surface area contributed by atoms with E-state index in [-0.39, 0.29) is 23.3 Å². The topological polar surface area (TPSA) is 119 Å². The average Bonchev–Trinajstić information content (AvgIpc) is 2.88. The van der Waals surface area contributed by atoms with E-state index in [1.807, 2.05) is 6.92 Å². The summed E-state index contributed by atoms with van der Waals surface area (Å²) in [6.45, 7) is 1.95. The van der Waals surface area contributed by atoms with Crippen molar-refractivity contribution in [1.29, 1.82) is 0 Å². The summed E-state index contributed by atoms with van der Waals surface area (Å²) in [4.78, 5) is 28.9. The Hall–Kier alpha value is -3.99. The van der Waals surface area contributed by atoms with E-state index in [0.29, 0.717) is 12.4 Å². The molecule has 1 aliphatic rings. The van der Waals surface area contributed by atoms with Gasteiger partial charge < -0.3 is 16.4 Å². The molecule has 2 aromatic heterocycles. The second-order valence-corrected chi connectivity index (χ2v) is 10.8. The van der Waals surface area contributed by atoms with Crippen molar-refractivity contribution in [2.45, 2.75) is 43.7 Å². The van der Waals surface area contributed by atoms with Gasteiger partial charge in [0.2, 0.25) is 11.9 Å². The zero-order chi connectivity index (χ0) is 27.6. The number of benzene rings is 2. The first-order valence-electron chi connectivity index (χ1n) is 12.4.